The molecule has 0 saturated heterocycles. The first-order valence-electron chi connectivity index (χ1n) is 13.5. The Labute approximate surface area is 236 Å². The molecule has 208 valence electrons. The number of fused-ring (bicyclic) bond motifs is 1. The third kappa shape index (κ3) is 6.92. The minimum absolute atomic E-state index is 0.0659. The van der Waals surface area contributed by atoms with E-state index in [-0.39, 0.29) is 18.1 Å². The number of nitrogens with one attached hydrogen (secondary N) is 2. The first-order chi connectivity index (χ1) is 19.2. The molecule has 0 saturated carbocycles. The number of hydrogen-bond acceptors (Lipinski definition) is 5. The number of nitrogens with zero attached hydrogens (tertiary/aromatic N) is 3. The van der Waals surface area contributed by atoms with E-state index in [1.807, 2.05) is 88.6 Å². The van der Waals surface area contributed by atoms with Crippen LogP contribution in [0.2, 0.25) is 0 Å². The van der Waals surface area contributed by atoms with Crippen LogP contribution >= 0.6 is 0 Å². The molecule has 4 aromatic rings. The molecule has 1 aromatic heterocycles. The summed E-state index contributed by atoms with van der Waals surface area (Å²) >= 11 is 0. The monoisotopic (exact) mass is 539 g/mol. The van der Waals surface area contributed by atoms with Crippen LogP contribution in [0, 0.1) is 5.82 Å². The molecule has 6 nitrogen and oxygen atoms in total. The van der Waals surface area contributed by atoms with Gasteiger partial charge in [-0.2, -0.15) is 0 Å². The Bertz CT molecular complexity index is 1530. The molecule has 0 radical (unpaired) electrons. The van der Waals surface area contributed by atoms with Crippen LogP contribution in [0.1, 0.15) is 49.9 Å². The van der Waals surface area contributed by atoms with Crippen LogP contribution in [0.25, 0.3) is 16.5 Å². The fraction of sp³-hybridized carbons (Fsp3) is 0.273. The molecule has 1 atom stereocenters. The van der Waals surface area contributed by atoms with E-state index in [0.717, 1.165) is 17.8 Å². The summed E-state index contributed by atoms with van der Waals surface area (Å²) in [6, 6.07) is 21.1. The molecule has 0 aliphatic rings. The highest BCUT2D eigenvalue weighted by atomic mass is 19.1. The Morgan fingerprint density at radius 1 is 1.05 bits per heavy atom. The molecular weight excluding hydrogens is 501 g/mol. The molecule has 3 N–H and O–H groups in total. The van der Waals surface area contributed by atoms with Gasteiger partial charge in [0.15, 0.2) is 5.88 Å². The van der Waals surface area contributed by atoms with Gasteiger partial charge < -0.3 is 15.0 Å². The summed E-state index contributed by atoms with van der Waals surface area (Å²) in [5, 5.41) is 15.0. The SMILES string of the molecule is C/C=C(\C=NC(C)NC(C)C)c1cc2[nH]c(O)c(C(=Nc3ccc(CN(C)C)cc3)c3ccccc3)c2cc1F. The molecule has 1 heterocycles. The lowest BCUT2D eigenvalue weighted by Crippen LogP contribution is -2.30. The summed E-state index contributed by atoms with van der Waals surface area (Å²) in [5.74, 6) is -0.471. The number of H-pyrrole nitrogens is 1. The number of aromatic hydroxyl groups is 1. The minimum atomic E-state index is -0.405. The van der Waals surface area contributed by atoms with Gasteiger partial charge in [-0.1, -0.05) is 48.5 Å². The number of benzene rings is 3. The predicted octanol–water partition coefficient (Wildman–Crippen LogP) is 7.06. The number of rotatable bonds is 10. The third-order valence-corrected chi connectivity index (χ3v) is 6.46. The molecule has 7 heteroatoms. The van der Waals surface area contributed by atoms with E-state index in [9.17, 15) is 5.11 Å². The maximum atomic E-state index is 15.7. The van der Waals surface area contributed by atoms with Crippen LogP contribution in [-0.2, 0) is 6.54 Å². The highest BCUT2D eigenvalue weighted by molar-refractivity contribution is 6.22. The first-order valence-corrected chi connectivity index (χ1v) is 13.5. The lowest BCUT2D eigenvalue weighted by Gasteiger charge is -2.13. The zero-order valence-corrected chi connectivity index (χ0v) is 24.0. The number of allylic oxidation sites excluding steroid dienone is 2. The molecule has 4 rings (SSSR count). The maximum absolute atomic E-state index is 15.7. The fourth-order valence-electron chi connectivity index (χ4n) is 4.71. The predicted molar refractivity (Wildman–Crippen MR) is 165 cm³/mol. The Kier molecular flexibility index (Phi) is 9.30. The highest BCUT2D eigenvalue weighted by Gasteiger charge is 2.21. The number of aliphatic imine (C=N–C) groups is 2. The van der Waals surface area contributed by atoms with Gasteiger partial charge in [-0.05, 0) is 77.2 Å². The van der Waals surface area contributed by atoms with Crippen LogP contribution in [0.3, 0.4) is 0 Å². The standard InChI is InChI=1S/C33H38FN5O/c1-7-24(19-35-22(4)36-21(2)3)27-18-30-28(17-29(27)34)31(33(40)38-30)32(25-11-9-8-10-12-25)37-26-15-13-23(14-16-26)20-39(5)6/h7-19,21-22,36,38,40H,20H2,1-6H3/b24-7+,35-19?,37-32?. The van der Waals surface area contributed by atoms with Crippen molar-refractivity contribution in [3.63, 3.8) is 0 Å². The highest BCUT2D eigenvalue weighted by Crippen LogP contribution is 2.34. The van der Waals surface area contributed by atoms with Crippen molar-refractivity contribution in [2.45, 2.75) is 46.4 Å². The van der Waals surface area contributed by atoms with E-state index in [2.05, 4.69) is 34.0 Å². The zero-order chi connectivity index (χ0) is 28.8. The summed E-state index contributed by atoms with van der Waals surface area (Å²) in [5.41, 5.74) is 5.40. The average molecular weight is 540 g/mol. The topological polar surface area (TPSA) is 76.0 Å². The second-order valence-corrected chi connectivity index (χ2v) is 10.5. The van der Waals surface area contributed by atoms with Crippen molar-refractivity contribution in [2.24, 2.45) is 9.98 Å². The van der Waals surface area contributed by atoms with Gasteiger partial charge >= 0.3 is 0 Å². The summed E-state index contributed by atoms with van der Waals surface area (Å²) in [6.07, 6.45) is 3.41. The number of aromatic amines is 1. The molecule has 0 bridgehead atoms. The Balaban J connectivity index is 1.80. The lowest BCUT2D eigenvalue weighted by atomic mass is 9.98. The summed E-state index contributed by atoms with van der Waals surface area (Å²) in [7, 11) is 4.06. The number of halogens is 1. The summed E-state index contributed by atoms with van der Waals surface area (Å²) < 4.78 is 15.7. The smallest absolute Gasteiger partial charge is 0.199 e. The van der Waals surface area contributed by atoms with E-state index < -0.39 is 5.82 Å². The van der Waals surface area contributed by atoms with Crippen LogP contribution in [0.4, 0.5) is 10.1 Å². The largest absolute Gasteiger partial charge is 0.494 e. The van der Waals surface area contributed by atoms with Gasteiger partial charge in [-0.3, -0.25) is 10.3 Å². The van der Waals surface area contributed by atoms with E-state index >= 15 is 4.39 Å². The normalized spacial score (nSPS) is 13.7. The van der Waals surface area contributed by atoms with Crippen LogP contribution in [-0.4, -0.2) is 53.2 Å². The number of aromatic nitrogens is 1. The molecule has 1 unspecified atom stereocenters. The van der Waals surface area contributed by atoms with Crippen molar-refractivity contribution in [1.82, 2.24) is 15.2 Å². The average Bonchev–Trinajstić information content (AvgIpc) is 3.22. The third-order valence-electron chi connectivity index (χ3n) is 6.46. The van der Waals surface area contributed by atoms with Gasteiger partial charge in [0.2, 0.25) is 0 Å². The van der Waals surface area contributed by atoms with E-state index in [4.69, 9.17) is 4.99 Å². The Morgan fingerprint density at radius 3 is 2.38 bits per heavy atom. The fourth-order valence-corrected chi connectivity index (χ4v) is 4.71. The Morgan fingerprint density at radius 2 is 1.75 bits per heavy atom. The van der Waals surface area contributed by atoms with Crippen molar-refractivity contribution >= 4 is 34.1 Å². The quantitative estimate of drug-likeness (QED) is 0.189. The Hall–Kier alpha value is -4.07. The second kappa shape index (κ2) is 12.9. The molecular formula is C33H38FN5O. The molecule has 0 fully saturated rings. The van der Waals surface area contributed by atoms with Gasteiger partial charge in [0.1, 0.15) is 5.82 Å². The van der Waals surface area contributed by atoms with Gasteiger partial charge in [-0.25, -0.2) is 9.38 Å². The summed E-state index contributed by atoms with van der Waals surface area (Å²) in [4.78, 5) is 14.6. The van der Waals surface area contributed by atoms with Crippen molar-refractivity contribution in [1.29, 1.82) is 0 Å². The van der Waals surface area contributed by atoms with Gasteiger partial charge in [-0.15, -0.1) is 0 Å². The van der Waals surface area contributed by atoms with Crippen LogP contribution in [0.15, 0.2) is 82.8 Å². The van der Waals surface area contributed by atoms with Crippen molar-refractivity contribution < 1.29 is 9.50 Å². The molecule has 0 aliphatic carbocycles. The molecule has 0 aliphatic heterocycles. The van der Waals surface area contributed by atoms with Gasteiger partial charge in [0, 0.05) is 40.8 Å². The minimum Gasteiger partial charge on any atom is -0.494 e. The maximum Gasteiger partial charge on any atom is 0.199 e. The first kappa shape index (κ1) is 28.9. The van der Waals surface area contributed by atoms with Crippen LogP contribution < -0.4 is 5.32 Å². The summed E-state index contributed by atoms with van der Waals surface area (Å²) in [6.45, 7) is 8.75. The molecule has 40 heavy (non-hydrogen) atoms. The molecule has 0 spiro atoms. The number of hydrogen-bond donors (Lipinski definition) is 3. The molecule has 3 aromatic carbocycles. The lowest BCUT2D eigenvalue weighted by molar-refractivity contribution is 0.402. The van der Waals surface area contributed by atoms with E-state index in [0.29, 0.717) is 33.3 Å². The second-order valence-electron chi connectivity index (χ2n) is 10.5. The van der Waals surface area contributed by atoms with Crippen LogP contribution in [0.5, 0.6) is 5.88 Å². The van der Waals surface area contributed by atoms with Crippen molar-refractivity contribution in [3.8, 4) is 5.88 Å². The van der Waals surface area contributed by atoms with Gasteiger partial charge in [0.05, 0.1) is 23.1 Å². The van der Waals surface area contributed by atoms with Gasteiger partial charge in [0.25, 0.3) is 0 Å². The van der Waals surface area contributed by atoms with E-state index in [1.165, 1.54) is 11.6 Å². The van der Waals surface area contributed by atoms with Crippen molar-refractivity contribution in [2.75, 3.05) is 14.1 Å². The van der Waals surface area contributed by atoms with Crippen molar-refractivity contribution in [3.05, 3.63) is 101 Å². The molecule has 0 amide bonds. The van der Waals surface area contributed by atoms with E-state index in [1.54, 1.807) is 12.3 Å². The zero-order valence-electron chi connectivity index (χ0n) is 24.0.